The molecule has 0 aromatic heterocycles. The van der Waals surface area contributed by atoms with E-state index >= 15 is 0 Å². The predicted molar refractivity (Wildman–Crippen MR) is 44.9 cm³/mol. The maximum atomic E-state index is 10.9. The summed E-state index contributed by atoms with van der Waals surface area (Å²) in [5.41, 5.74) is 0.250. The number of likely N-dealkylation sites (N-methyl/N-ethyl adjacent to an activating group) is 1. The van der Waals surface area contributed by atoms with E-state index in [0.717, 1.165) is 6.42 Å². The van der Waals surface area contributed by atoms with Gasteiger partial charge >= 0.3 is 5.97 Å². The van der Waals surface area contributed by atoms with Gasteiger partial charge in [-0.2, -0.15) is 0 Å². The van der Waals surface area contributed by atoms with Gasteiger partial charge in [-0.15, -0.1) is 0 Å². The Morgan fingerprint density at radius 2 is 2.67 bits per heavy atom. The Bertz CT molecular complexity index is 324. The van der Waals surface area contributed by atoms with Gasteiger partial charge in [0.2, 0.25) is 0 Å². The summed E-state index contributed by atoms with van der Waals surface area (Å²) in [5.74, 6) is -0.991. The summed E-state index contributed by atoms with van der Waals surface area (Å²) in [6, 6.07) is -0.431. The molecule has 1 saturated heterocycles. The molecule has 0 unspecified atom stereocenters. The van der Waals surface area contributed by atoms with Gasteiger partial charge in [0.1, 0.15) is 0 Å². The summed E-state index contributed by atoms with van der Waals surface area (Å²) < 4.78 is 22.2. The van der Waals surface area contributed by atoms with Crippen molar-refractivity contribution in [1.82, 2.24) is 4.90 Å². The van der Waals surface area contributed by atoms with Crippen molar-refractivity contribution in [2.24, 2.45) is 0 Å². The van der Waals surface area contributed by atoms with Gasteiger partial charge < -0.3 is 5.11 Å². The molecule has 1 fully saturated rings. The molecule has 2 aliphatic heterocycles. The zero-order chi connectivity index (χ0) is 11.2. The van der Waals surface area contributed by atoms with Gasteiger partial charge in [0, 0.05) is 16.2 Å². The molecule has 2 bridgehead atoms. The molecule has 0 aliphatic carbocycles. The van der Waals surface area contributed by atoms with Crippen LogP contribution < -0.4 is 0 Å². The number of aliphatic carboxylic acids is 1. The van der Waals surface area contributed by atoms with Gasteiger partial charge in [0.25, 0.3) is 0 Å². The summed E-state index contributed by atoms with van der Waals surface area (Å²) in [7, 11) is 0. The highest BCUT2D eigenvalue weighted by molar-refractivity contribution is 5.88. The fraction of sp³-hybridized carbons (Fsp3) is 0.667. The lowest BCUT2D eigenvalue weighted by Crippen LogP contribution is -2.38. The minimum atomic E-state index is -2.18. The fourth-order valence-electron chi connectivity index (χ4n) is 2.05. The number of hydrogen-bond donors (Lipinski definition) is 1. The van der Waals surface area contributed by atoms with Crippen LogP contribution >= 0.6 is 0 Å². The first-order chi connectivity index (χ1) is 6.91. The van der Waals surface area contributed by atoms with Crippen LogP contribution in [0.3, 0.4) is 0 Å². The van der Waals surface area contributed by atoms with Crippen molar-refractivity contribution in [2.45, 2.75) is 31.3 Å². The predicted octanol–water partition coefficient (Wildman–Crippen LogP) is 0.864. The van der Waals surface area contributed by atoms with E-state index in [1.54, 1.807) is 6.08 Å². The molecular formula is C9H13NO2. The SMILES string of the molecule is [2H]C([2H])([2H])N1[C@@H]2CC=C(C(=O)O)[C@H]1CC2. The van der Waals surface area contributed by atoms with E-state index in [1.165, 1.54) is 4.90 Å². The quantitative estimate of drug-likeness (QED) is 0.634. The van der Waals surface area contributed by atoms with E-state index in [1.807, 2.05) is 0 Å². The molecule has 2 heterocycles. The third-order valence-corrected chi connectivity index (χ3v) is 2.72. The highest BCUT2D eigenvalue weighted by Gasteiger charge is 2.37. The zero-order valence-corrected chi connectivity index (χ0v) is 6.66. The van der Waals surface area contributed by atoms with Crippen LogP contribution in [-0.4, -0.2) is 35.0 Å². The van der Waals surface area contributed by atoms with Crippen LogP contribution in [0.1, 0.15) is 23.4 Å². The lowest BCUT2D eigenvalue weighted by atomic mass is 10.0. The number of nitrogens with zero attached hydrogens (tertiary/aromatic N) is 1. The number of carboxylic acids is 1. The van der Waals surface area contributed by atoms with Crippen molar-refractivity contribution in [3.8, 4) is 0 Å². The first kappa shape index (κ1) is 5.02. The zero-order valence-electron chi connectivity index (χ0n) is 9.66. The van der Waals surface area contributed by atoms with Gasteiger partial charge in [-0.25, -0.2) is 4.79 Å². The molecule has 0 aromatic rings. The third-order valence-electron chi connectivity index (χ3n) is 2.72. The van der Waals surface area contributed by atoms with Crippen molar-refractivity contribution in [3.05, 3.63) is 11.6 Å². The van der Waals surface area contributed by atoms with E-state index in [4.69, 9.17) is 9.22 Å². The van der Waals surface area contributed by atoms with Crippen molar-refractivity contribution < 1.29 is 14.0 Å². The highest BCUT2D eigenvalue weighted by Crippen LogP contribution is 2.33. The smallest absolute Gasteiger partial charge is 0.332 e. The Morgan fingerprint density at radius 3 is 3.33 bits per heavy atom. The monoisotopic (exact) mass is 170 g/mol. The van der Waals surface area contributed by atoms with Gasteiger partial charge in [-0.3, -0.25) is 4.90 Å². The molecule has 2 atom stereocenters. The van der Waals surface area contributed by atoms with Crippen LogP contribution in [0.2, 0.25) is 0 Å². The van der Waals surface area contributed by atoms with E-state index in [9.17, 15) is 4.79 Å². The second-order valence-electron chi connectivity index (χ2n) is 3.35. The second kappa shape index (κ2) is 2.59. The minimum Gasteiger partial charge on any atom is -0.478 e. The van der Waals surface area contributed by atoms with Gasteiger partial charge in [-0.1, -0.05) is 6.08 Å². The standard InChI is InChI=1S/C9H13NO2/c1-10-6-2-4-7(9(11)12)8(10)5-3-6/h4,6,8H,2-3,5H2,1H3,(H,11,12)/t6-,8-/m1/s1/i1D3. The fourth-order valence-corrected chi connectivity index (χ4v) is 2.05. The molecule has 0 aromatic carbocycles. The van der Waals surface area contributed by atoms with Crippen LogP contribution in [0.15, 0.2) is 11.6 Å². The molecule has 1 N–H and O–H groups in total. The molecule has 12 heavy (non-hydrogen) atoms. The van der Waals surface area contributed by atoms with Crippen LogP contribution in [0, 0.1) is 0 Å². The molecule has 3 heteroatoms. The van der Waals surface area contributed by atoms with Crippen LogP contribution in [0.4, 0.5) is 0 Å². The molecule has 66 valence electrons. The number of carbonyl (C=O) groups is 1. The maximum Gasteiger partial charge on any atom is 0.332 e. The molecule has 0 radical (unpaired) electrons. The molecule has 0 saturated carbocycles. The van der Waals surface area contributed by atoms with Crippen LogP contribution in [-0.2, 0) is 4.79 Å². The molecular weight excluding hydrogens is 154 g/mol. The first-order valence-electron chi connectivity index (χ1n) is 5.63. The maximum absolute atomic E-state index is 10.9. The summed E-state index contributed by atoms with van der Waals surface area (Å²) in [5, 5.41) is 8.96. The summed E-state index contributed by atoms with van der Waals surface area (Å²) in [4.78, 5) is 12.3. The largest absolute Gasteiger partial charge is 0.478 e. The second-order valence-corrected chi connectivity index (χ2v) is 3.35. The Morgan fingerprint density at radius 1 is 1.83 bits per heavy atom. The Hall–Kier alpha value is -0.830. The Kier molecular flexibility index (Phi) is 1.08. The average Bonchev–Trinajstić information content (AvgIpc) is 2.40. The topological polar surface area (TPSA) is 40.5 Å². The Labute approximate surface area is 75.9 Å². The number of carboxylic acid groups (broad SMARTS) is 1. The normalized spacial score (nSPS) is 39.7. The minimum absolute atomic E-state index is 0.00870. The van der Waals surface area contributed by atoms with Crippen molar-refractivity contribution >= 4 is 5.97 Å². The number of hydrogen-bond acceptors (Lipinski definition) is 2. The highest BCUT2D eigenvalue weighted by atomic mass is 16.4. The lowest BCUT2D eigenvalue weighted by Gasteiger charge is -2.29. The van der Waals surface area contributed by atoms with Crippen molar-refractivity contribution in [3.63, 3.8) is 0 Å². The van der Waals surface area contributed by atoms with Gasteiger partial charge in [0.15, 0.2) is 0 Å². The molecule has 2 rings (SSSR count). The van der Waals surface area contributed by atoms with E-state index < -0.39 is 19.0 Å². The van der Waals surface area contributed by atoms with Gasteiger partial charge in [-0.05, 0) is 26.2 Å². The number of fused-ring (bicyclic) bond motifs is 2. The summed E-state index contributed by atoms with van der Waals surface area (Å²) in [6.45, 7) is -2.18. The van der Waals surface area contributed by atoms with Crippen LogP contribution in [0.25, 0.3) is 0 Å². The van der Waals surface area contributed by atoms with E-state index in [2.05, 4.69) is 0 Å². The van der Waals surface area contributed by atoms with Crippen molar-refractivity contribution in [1.29, 1.82) is 0 Å². The van der Waals surface area contributed by atoms with E-state index in [0.29, 0.717) is 12.8 Å². The van der Waals surface area contributed by atoms with Crippen molar-refractivity contribution in [2.75, 3.05) is 6.98 Å². The Balaban J connectivity index is 2.31. The molecule has 0 spiro atoms. The summed E-state index contributed by atoms with van der Waals surface area (Å²) in [6.07, 6.45) is 3.63. The number of rotatable bonds is 1. The molecule has 2 aliphatic rings. The lowest BCUT2D eigenvalue weighted by molar-refractivity contribution is -0.133. The van der Waals surface area contributed by atoms with Crippen LogP contribution in [0.5, 0.6) is 0 Å². The summed E-state index contributed by atoms with van der Waals surface area (Å²) >= 11 is 0. The van der Waals surface area contributed by atoms with Gasteiger partial charge in [0.05, 0.1) is 5.57 Å². The molecule has 0 amide bonds. The average molecular weight is 170 g/mol. The third kappa shape index (κ3) is 0.966. The first-order valence-corrected chi connectivity index (χ1v) is 4.13. The molecule has 3 nitrogen and oxygen atoms in total. The van der Waals surface area contributed by atoms with E-state index in [-0.39, 0.29) is 11.6 Å².